The third-order valence-electron chi connectivity index (χ3n) is 5.63. The number of aromatic nitrogens is 1. The first-order valence-electron chi connectivity index (χ1n) is 9.97. The second-order valence-corrected chi connectivity index (χ2v) is 8.48. The van der Waals surface area contributed by atoms with Crippen molar-refractivity contribution in [1.82, 2.24) is 4.57 Å². The van der Waals surface area contributed by atoms with Crippen LogP contribution in [0.15, 0.2) is 78.9 Å². The smallest absolute Gasteiger partial charge is 0.249 e. The first kappa shape index (κ1) is 20.6. The van der Waals surface area contributed by atoms with E-state index >= 15 is 0 Å². The first-order chi connectivity index (χ1) is 15.4. The number of hydrogen-bond acceptors (Lipinski definition) is 1. The molecule has 32 heavy (non-hydrogen) atoms. The van der Waals surface area contributed by atoms with E-state index in [0.29, 0.717) is 22.2 Å². The summed E-state index contributed by atoms with van der Waals surface area (Å²) in [6.45, 7) is 0.428. The summed E-state index contributed by atoms with van der Waals surface area (Å²) in [6.07, 6.45) is 0. The molecule has 0 saturated heterocycles. The summed E-state index contributed by atoms with van der Waals surface area (Å²) in [4.78, 5) is 12.2. The fraction of sp³-hybridized carbons (Fsp3) is 0.0385. The van der Waals surface area contributed by atoms with Crippen molar-refractivity contribution in [2.45, 2.75) is 6.54 Å². The van der Waals surface area contributed by atoms with Crippen LogP contribution in [0.1, 0.15) is 15.9 Å². The van der Waals surface area contributed by atoms with Gasteiger partial charge >= 0.3 is 0 Å². The summed E-state index contributed by atoms with van der Waals surface area (Å²) in [6, 6.07) is 23.3. The van der Waals surface area contributed by atoms with Crippen LogP contribution in [0.5, 0.6) is 0 Å². The maximum atomic E-state index is 13.9. The van der Waals surface area contributed by atoms with E-state index in [2.05, 4.69) is 4.57 Å². The maximum Gasteiger partial charge on any atom is 0.249 e. The molecule has 0 radical (unpaired) electrons. The van der Waals surface area contributed by atoms with Gasteiger partial charge in [-0.25, -0.2) is 4.39 Å². The molecule has 1 heterocycles. The number of nitrogens with zero attached hydrogens (tertiary/aromatic N) is 1. The highest BCUT2D eigenvalue weighted by Crippen LogP contribution is 2.37. The second kappa shape index (κ2) is 7.97. The van der Waals surface area contributed by atoms with Crippen LogP contribution in [-0.4, -0.2) is 10.5 Å². The molecule has 0 saturated carbocycles. The van der Waals surface area contributed by atoms with E-state index in [-0.39, 0.29) is 5.82 Å². The molecule has 0 atom stereocenters. The van der Waals surface area contributed by atoms with Crippen LogP contribution in [0, 0.1) is 5.82 Å². The molecular weight excluding hydrogens is 446 g/mol. The van der Waals surface area contributed by atoms with Gasteiger partial charge in [-0.3, -0.25) is 4.79 Å². The van der Waals surface area contributed by atoms with Gasteiger partial charge in [-0.2, -0.15) is 0 Å². The summed E-state index contributed by atoms with van der Waals surface area (Å²) in [5.41, 5.74) is 10.4. The van der Waals surface area contributed by atoms with Crippen LogP contribution in [0.4, 0.5) is 4.39 Å². The van der Waals surface area contributed by atoms with Gasteiger partial charge < -0.3 is 10.3 Å². The largest absolute Gasteiger partial charge is 0.366 e. The molecule has 158 valence electrons. The van der Waals surface area contributed by atoms with Gasteiger partial charge in [0.2, 0.25) is 5.91 Å². The van der Waals surface area contributed by atoms with Crippen molar-refractivity contribution in [3.05, 3.63) is 106 Å². The number of carbonyl (C=O) groups is 1. The summed E-state index contributed by atoms with van der Waals surface area (Å²) < 4.78 is 15.9. The molecule has 0 fully saturated rings. The van der Waals surface area contributed by atoms with E-state index in [1.165, 1.54) is 12.1 Å². The van der Waals surface area contributed by atoms with Crippen molar-refractivity contribution in [1.29, 1.82) is 0 Å². The van der Waals surface area contributed by atoms with Gasteiger partial charge in [-0.15, -0.1) is 0 Å². The molecular formula is C26H17Cl2FN2O. The van der Waals surface area contributed by atoms with Gasteiger partial charge in [0.05, 0.1) is 11.0 Å². The number of benzene rings is 4. The normalized spacial score (nSPS) is 11.3. The number of primary amides is 1. The Morgan fingerprint density at radius 1 is 0.906 bits per heavy atom. The molecule has 0 bridgehead atoms. The third kappa shape index (κ3) is 3.52. The van der Waals surface area contributed by atoms with Gasteiger partial charge in [0, 0.05) is 38.5 Å². The summed E-state index contributed by atoms with van der Waals surface area (Å²) in [7, 11) is 0. The minimum atomic E-state index is -0.495. The molecule has 2 N–H and O–H groups in total. The molecule has 6 heteroatoms. The number of nitrogens with two attached hydrogens (primary N) is 1. The minimum Gasteiger partial charge on any atom is -0.366 e. The van der Waals surface area contributed by atoms with Crippen LogP contribution in [0.2, 0.25) is 10.0 Å². The van der Waals surface area contributed by atoms with E-state index in [4.69, 9.17) is 28.9 Å². The van der Waals surface area contributed by atoms with Gasteiger partial charge in [0.15, 0.2) is 0 Å². The highest BCUT2D eigenvalue weighted by Gasteiger charge is 2.18. The molecule has 0 aliphatic carbocycles. The number of fused-ring (bicyclic) bond motifs is 3. The molecule has 3 nitrogen and oxygen atoms in total. The molecule has 0 aliphatic heterocycles. The number of carbonyl (C=O) groups excluding carboxylic acids is 1. The zero-order valence-corrected chi connectivity index (χ0v) is 18.3. The zero-order chi connectivity index (χ0) is 22.4. The van der Waals surface area contributed by atoms with Crippen LogP contribution in [0.25, 0.3) is 32.9 Å². The third-order valence-corrected chi connectivity index (χ3v) is 6.18. The molecule has 0 spiro atoms. The SMILES string of the molecule is NC(=O)c1cccc2c1c1ccc(-c3ccc(Cl)cc3Cl)cc1n2Cc1cccc(F)c1. The quantitative estimate of drug-likeness (QED) is 0.305. The Kier molecular flexibility index (Phi) is 5.12. The topological polar surface area (TPSA) is 48.0 Å². The lowest BCUT2D eigenvalue weighted by atomic mass is 10.0. The fourth-order valence-electron chi connectivity index (χ4n) is 4.23. The Morgan fingerprint density at radius 2 is 1.72 bits per heavy atom. The van der Waals surface area contributed by atoms with Crippen LogP contribution < -0.4 is 5.73 Å². The fourth-order valence-corrected chi connectivity index (χ4v) is 4.75. The van der Waals surface area contributed by atoms with Crippen molar-refractivity contribution in [2.75, 3.05) is 0 Å². The van der Waals surface area contributed by atoms with E-state index < -0.39 is 5.91 Å². The van der Waals surface area contributed by atoms with E-state index in [1.54, 1.807) is 30.3 Å². The van der Waals surface area contributed by atoms with Crippen LogP contribution in [0.3, 0.4) is 0 Å². The Labute approximate surface area is 193 Å². The molecule has 5 rings (SSSR count). The molecule has 1 aromatic heterocycles. The van der Waals surface area contributed by atoms with Crippen LogP contribution >= 0.6 is 23.2 Å². The molecule has 0 aliphatic rings. The second-order valence-electron chi connectivity index (χ2n) is 7.64. The average molecular weight is 463 g/mol. The van der Waals surface area contributed by atoms with Gasteiger partial charge in [-0.05, 0) is 53.6 Å². The number of halogens is 3. The molecule has 4 aromatic carbocycles. The van der Waals surface area contributed by atoms with Crippen molar-refractivity contribution in [3.63, 3.8) is 0 Å². The lowest BCUT2D eigenvalue weighted by Gasteiger charge is -2.10. The highest BCUT2D eigenvalue weighted by atomic mass is 35.5. The van der Waals surface area contributed by atoms with Crippen molar-refractivity contribution in [2.24, 2.45) is 5.73 Å². The summed E-state index contributed by atoms with van der Waals surface area (Å²) >= 11 is 12.5. The van der Waals surface area contributed by atoms with E-state index in [9.17, 15) is 9.18 Å². The lowest BCUT2D eigenvalue weighted by molar-refractivity contribution is 0.100. The van der Waals surface area contributed by atoms with Gasteiger partial charge in [-0.1, -0.05) is 59.6 Å². The predicted molar refractivity (Wildman–Crippen MR) is 129 cm³/mol. The number of hydrogen-bond donors (Lipinski definition) is 1. The standard InChI is InChI=1S/C26H17Cl2FN2O/c27-17-8-10-19(22(28)13-17)16-7-9-20-24(12-16)31(14-15-3-1-4-18(29)11-15)23-6-2-5-21(25(20)23)26(30)32/h1-13H,14H2,(H2,30,32). The summed E-state index contributed by atoms with van der Waals surface area (Å²) in [5, 5.41) is 2.77. The number of rotatable bonds is 4. The first-order valence-corrected chi connectivity index (χ1v) is 10.7. The molecule has 1 amide bonds. The highest BCUT2D eigenvalue weighted by molar-refractivity contribution is 6.36. The Balaban J connectivity index is 1.81. The van der Waals surface area contributed by atoms with Crippen molar-refractivity contribution < 1.29 is 9.18 Å². The Morgan fingerprint density at radius 3 is 2.47 bits per heavy atom. The predicted octanol–water partition coefficient (Wildman–Crippen LogP) is 7.05. The maximum absolute atomic E-state index is 13.9. The molecule has 0 unspecified atom stereocenters. The minimum absolute atomic E-state index is 0.297. The van der Waals surface area contributed by atoms with Crippen molar-refractivity contribution in [3.8, 4) is 11.1 Å². The van der Waals surface area contributed by atoms with Gasteiger partial charge in [0.1, 0.15) is 5.82 Å². The van der Waals surface area contributed by atoms with Crippen LogP contribution in [-0.2, 0) is 6.54 Å². The van der Waals surface area contributed by atoms with E-state index in [0.717, 1.165) is 38.5 Å². The Bertz CT molecular complexity index is 1520. The van der Waals surface area contributed by atoms with Crippen molar-refractivity contribution >= 4 is 50.9 Å². The average Bonchev–Trinajstić information content (AvgIpc) is 3.07. The van der Waals surface area contributed by atoms with E-state index in [1.807, 2.05) is 36.4 Å². The zero-order valence-electron chi connectivity index (χ0n) is 16.8. The lowest BCUT2D eigenvalue weighted by Crippen LogP contribution is -2.11. The monoisotopic (exact) mass is 462 g/mol. The van der Waals surface area contributed by atoms with Gasteiger partial charge in [0.25, 0.3) is 0 Å². The Hall–Kier alpha value is -3.34. The number of amides is 1. The molecule has 5 aromatic rings. The summed E-state index contributed by atoms with van der Waals surface area (Å²) in [5.74, 6) is -0.792.